The van der Waals surface area contributed by atoms with Gasteiger partial charge in [-0.1, -0.05) is 28.9 Å². The highest BCUT2D eigenvalue weighted by Gasteiger charge is 2.36. The number of fused-ring (bicyclic) bond motifs is 1. The summed E-state index contributed by atoms with van der Waals surface area (Å²) in [6.45, 7) is 1.68. The van der Waals surface area contributed by atoms with Gasteiger partial charge in [-0.15, -0.1) is 0 Å². The Labute approximate surface area is 113 Å². The number of carbonyl (C=O) groups excluding carboxylic acids is 2. The Bertz CT molecular complexity index is 658. The third-order valence-corrected chi connectivity index (χ3v) is 3.52. The number of carbonyl (C=O) groups is 2. The van der Waals surface area contributed by atoms with E-state index in [4.69, 9.17) is 16.1 Å². The van der Waals surface area contributed by atoms with Gasteiger partial charge in [0.25, 0.3) is 11.8 Å². The highest BCUT2D eigenvalue weighted by molar-refractivity contribution is 6.31. The normalized spacial score (nSPS) is 14.1. The number of aryl methyl sites for hydroxylation is 1. The number of hydrogen-bond acceptors (Lipinski definition) is 4. The molecule has 0 atom stereocenters. The SMILES string of the molecule is Cc1noc(CN2C(=O)c3ccccc3C2=O)c1Cl. The van der Waals surface area contributed by atoms with Crippen molar-refractivity contribution in [3.8, 4) is 0 Å². The van der Waals surface area contributed by atoms with Crippen molar-refractivity contribution in [1.82, 2.24) is 10.1 Å². The van der Waals surface area contributed by atoms with E-state index in [-0.39, 0.29) is 18.4 Å². The maximum absolute atomic E-state index is 12.1. The van der Waals surface area contributed by atoms with Gasteiger partial charge in [-0.3, -0.25) is 14.5 Å². The fraction of sp³-hybridized carbons (Fsp3) is 0.154. The number of halogens is 1. The molecule has 0 unspecified atom stereocenters. The van der Waals surface area contributed by atoms with Gasteiger partial charge in [0.15, 0.2) is 5.76 Å². The Kier molecular flexibility index (Phi) is 2.64. The number of benzene rings is 1. The van der Waals surface area contributed by atoms with Crippen molar-refractivity contribution < 1.29 is 14.1 Å². The van der Waals surface area contributed by atoms with Crippen LogP contribution in [0.1, 0.15) is 32.2 Å². The number of nitrogens with zero attached hydrogens (tertiary/aromatic N) is 2. The molecular weight excluding hydrogens is 268 g/mol. The van der Waals surface area contributed by atoms with Crippen LogP contribution in [0.5, 0.6) is 0 Å². The molecule has 0 fully saturated rings. The van der Waals surface area contributed by atoms with Gasteiger partial charge in [-0.05, 0) is 19.1 Å². The van der Waals surface area contributed by atoms with Crippen molar-refractivity contribution in [3.63, 3.8) is 0 Å². The fourth-order valence-corrected chi connectivity index (χ4v) is 2.16. The van der Waals surface area contributed by atoms with Crippen molar-refractivity contribution in [2.24, 2.45) is 0 Å². The monoisotopic (exact) mass is 276 g/mol. The third kappa shape index (κ3) is 1.74. The van der Waals surface area contributed by atoms with E-state index >= 15 is 0 Å². The molecule has 0 bridgehead atoms. The van der Waals surface area contributed by atoms with Crippen LogP contribution in [-0.4, -0.2) is 21.9 Å². The highest BCUT2D eigenvalue weighted by atomic mass is 35.5. The average molecular weight is 277 g/mol. The summed E-state index contributed by atoms with van der Waals surface area (Å²) in [4.78, 5) is 25.4. The van der Waals surface area contributed by atoms with Crippen molar-refractivity contribution in [2.75, 3.05) is 0 Å². The molecule has 2 amide bonds. The predicted molar refractivity (Wildman–Crippen MR) is 66.9 cm³/mol. The lowest BCUT2D eigenvalue weighted by atomic mass is 10.1. The first-order chi connectivity index (χ1) is 9.09. The van der Waals surface area contributed by atoms with E-state index in [1.165, 1.54) is 0 Å². The Hall–Kier alpha value is -2.14. The van der Waals surface area contributed by atoms with Crippen LogP contribution in [0.2, 0.25) is 5.02 Å². The van der Waals surface area contributed by atoms with Gasteiger partial charge < -0.3 is 4.52 Å². The smallest absolute Gasteiger partial charge is 0.261 e. The largest absolute Gasteiger partial charge is 0.358 e. The molecule has 0 N–H and O–H groups in total. The molecule has 0 saturated heterocycles. The van der Waals surface area contributed by atoms with Gasteiger partial charge >= 0.3 is 0 Å². The average Bonchev–Trinajstić information content (AvgIpc) is 2.86. The van der Waals surface area contributed by atoms with Crippen LogP contribution in [0.3, 0.4) is 0 Å². The summed E-state index contributed by atoms with van der Waals surface area (Å²) in [6.07, 6.45) is 0. The molecule has 1 aromatic carbocycles. The number of rotatable bonds is 2. The maximum Gasteiger partial charge on any atom is 0.261 e. The van der Waals surface area contributed by atoms with Crippen LogP contribution in [0.4, 0.5) is 0 Å². The minimum Gasteiger partial charge on any atom is -0.358 e. The molecule has 1 aliphatic heterocycles. The number of aromatic nitrogens is 1. The number of amides is 2. The molecule has 2 heterocycles. The van der Waals surface area contributed by atoms with Crippen LogP contribution in [0, 0.1) is 6.92 Å². The molecule has 0 aliphatic carbocycles. The van der Waals surface area contributed by atoms with Crippen molar-refractivity contribution in [2.45, 2.75) is 13.5 Å². The van der Waals surface area contributed by atoms with Crippen molar-refractivity contribution >= 4 is 23.4 Å². The zero-order valence-electron chi connectivity index (χ0n) is 10.0. The molecule has 19 heavy (non-hydrogen) atoms. The molecule has 0 saturated carbocycles. The van der Waals surface area contributed by atoms with Crippen LogP contribution < -0.4 is 0 Å². The summed E-state index contributed by atoms with van der Waals surface area (Å²) in [5.41, 5.74) is 1.34. The van der Waals surface area contributed by atoms with E-state index in [2.05, 4.69) is 5.16 Å². The minimum atomic E-state index is -0.342. The topological polar surface area (TPSA) is 63.4 Å². The second-order valence-electron chi connectivity index (χ2n) is 4.25. The lowest BCUT2D eigenvalue weighted by molar-refractivity contribution is 0.0628. The van der Waals surface area contributed by atoms with E-state index in [9.17, 15) is 9.59 Å². The zero-order chi connectivity index (χ0) is 13.6. The van der Waals surface area contributed by atoms with Crippen LogP contribution in [-0.2, 0) is 6.54 Å². The quantitative estimate of drug-likeness (QED) is 0.790. The van der Waals surface area contributed by atoms with E-state index in [0.29, 0.717) is 27.6 Å². The third-order valence-electron chi connectivity index (χ3n) is 3.04. The van der Waals surface area contributed by atoms with Gasteiger partial charge in [0.1, 0.15) is 5.02 Å². The standard InChI is InChI=1S/C13H9ClN2O3/c1-7-11(14)10(19-15-7)6-16-12(17)8-4-2-3-5-9(8)13(16)18/h2-5H,6H2,1H3. The van der Waals surface area contributed by atoms with Crippen molar-refractivity contribution in [1.29, 1.82) is 0 Å². The van der Waals surface area contributed by atoms with Crippen LogP contribution in [0.25, 0.3) is 0 Å². The molecule has 1 aromatic heterocycles. The van der Waals surface area contributed by atoms with Crippen LogP contribution >= 0.6 is 11.6 Å². The lowest BCUT2D eigenvalue weighted by Gasteiger charge is -2.11. The second-order valence-corrected chi connectivity index (χ2v) is 4.63. The van der Waals surface area contributed by atoms with E-state index in [1.807, 2.05) is 0 Å². The summed E-state index contributed by atoms with van der Waals surface area (Å²) >= 11 is 5.99. The highest BCUT2D eigenvalue weighted by Crippen LogP contribution is 2.27. The molecule has 2 aromatic rings. The molecule has 3 rings (SSSR count). The Morgan fingerprint density at radius 1 is 1.21 bits per heavy atom. The fourth-order valence-electron chi connectivity index (χ4n) is 2.03. The van der Waals surface area contributed by atoms with Gasteiger partial charge in [0.05, 0.1) is 23.4 Å². The molecule has 96 valence electrons. The zero-order valence-corrected chi connectivity index (χ0v) is 10.8. The first-order valence-corrected chi connectivity index (χ1v) is 6.03. The molecular formula is C13H9ClN2O3. The first-order valence-electron chi connectivity index (χ1n) is 5.65. The van der Waals surface area contributed by atoms with Crippen molar-refractivity contribution in [3.05, 3.63) is 51.9 Å². The van der Waals surface area contributed by atoms with E-state index < -0.39 is 0 Å². The maximum atomic E-state index is 12.1. The lowest BCUT2D eigenvalue weighted by Crippen LogP contribution is -2.29. The molecule has 5 nitrogen and oxygen atoms in total. The first kappa shape index (κ1) is 11.9. The van der Waals surface area contributed by atoms with Gasteiger partial charge in [-0.25, -0.2) is 0 Å². The van der Waals surface area contributed by atoms with E-state index in [0.717, 1.165) is 4.90 Å². The Morgan fingerprint density at radius 2 is 1.79 bits per heavy atom. The second kappa shape index (κ2) is 4.20. The summed E-state index contributed by atoms with van der Waals surface area (Å²) in [5, 5.41) is 4.05. The Morgan fingerprint density at radius 3 is 2.26 bits per heavy atom. The summed E-state index contributed by atoms with van der Waals surface area (Å²) in [7, 11) is 0. The predicted octanol–water partition coefficient (Wildman–Crippen LogP) is 2.43. The number of imide groups is 1. The summed E-state index contributed by atoms with van der Waals surface area (Å²) < 4.78 is 5.02. The van der Waals surface area contributed by atoms with Gasteiger partial charge in [-0.2, -0.15) is 0 Å². The van der Waals surface area contributed by atoms with E-state index in [1.54, 1.807) is 31.2 Å². The number of hydrogen-bond donors (Lipinski definition) is 0. The molecule has 0 radical (unpaired) electrons. The molecule has 1 aliphatic rings. The van der Waals surface area contributed by atoms with Gasteiger partial charge in [0, 0.05) is 0 Å². The minimum absolute atomic E-state index is 0.00792. The Balaban J connectivity index is 1.95. The molecule has 6 heteroatoms. The molecule has 0 spiro atoms. The van der Waals surface area contributed by atoms with Crippen LogP contribution in [0.15, 0.2) is 28.8 Å². The van der Waals surface area contributed by atoms with Gasteiger partial charge in [0.2, 0.25) is 0 Å². The summed E-state index contributed by atoms with van der Waals surface area (Å²) in [5.74, 6) is -0.370. The summed E-state index contributed by atoms with van der Waals surface area (Å²) in [6, 6.07) is 6.70.